The van der Waals surface area contributed by atoms with Crippen molar-refractivity contribution in [2.45, 2.75) is 32.7 Å². The highest BCUT2D eigenvalue weighted by Gasteiger charge is 2.31. The Bertz CT molecular complexity index is 650. The summed E-state index contributed by atoms with van der Waals surface area (Å²) in [6.07, 6.45) is 1.93. The van der Waals surface area contributed by atoms with Crippen LogP contribution in [0.3, 0.4) is 0 Å². The van der Waals surface area contributed by atoms with Crippen LogP contribution in [0.2, 0.25) is 0 Å². The van der Waals surface area contributed by atoms with E-state index in [0.717, 1.165) is 18.5 Å². The van der Waals surface area contributed by atoms with E-state index in [0.29, 0.717) is 12.5 Å². The van der Waals surface area contributed by atoms with Gasteiger partial charge in [0.25, 0.3) is 11.8 Å². The fourth-order valence-electron chi connectivity index (χ4n) is 2.69. The van der Waals surface area contributed by atoms with Crippen LogP contribution in [0.25, 0.3) is 0 Å². The third-order valence-corrected chi connectivity index (χ3v) is 3.73. The molecule has 0 radical (unpaired) electrons. The number of fused-ring (bicyclic) bond motifs is 1. The maximum atomic E-state index is 12.7. The summed E-state index contributed by atoms with van der Waals surface area (Å²) in [7, 11) is 0. The fraction of sp³-hybridized carbons (Fsp3) is 0.375. The predicted molar refractivity (Wildman–Crippen MR) is 78.7 cm³/mol. The molecule has 1 aliphatic rings. The Kier molecular flexibility index (Phi) is 3.64. The van der Waals surface area contributed by atoms with Crippen LogP contribution < -0.4 is 9.64 Å². The van der Waals surface area contributed by atoms with E-state index in [2.05, 4.69) is 11.2 Å². The molecule has 21 heavy (non-hydrogen) atoms. The molecule has 1 aromatic heterocycles. The van der Waals surface area contributed by atoms with Gasteiger partial charge in [0, 0.05) is 11.7 Å². The number of aromatic nitrogens is 1. The Morgan fingerprint density at radius 1 is 1.48 bits per heavy atom. The minimum atomic E-state index is -0.173. The summed E-state index contributed by atoms with van der Waals surface area (Å²) in [4.78, 5) is 14.5. The minimum absolute atomic E-state index is 0.132. The average Bonchev–Trinajstić information content (AvgIpc) is 2.96. The second-order valence-corrected chi connectivity index (χ2v) is 5.15. The van der Waals surface area contributed by atoms with Gasteiger partial charge in [0.05, 0.1) is 12.7 Å². The number of hydrogen-bond acceptors (Lipinski definition) is 4. The number of rotatable bonds is 3. The average molecular weight is 286 g/mol. The number of hydrogen-bond donors (Lipinski definition) is 0. The third-order valence-electron chi connectivity index (χ3n) is 3.73. The van der Waals surface area contributed by atoms with E-state index in [1.54, 1.807) is 11.0 Å². The van der Waals surface area contributed by atoms with Crippen molar-refractivity contribution in [3.63, 3.8) is 0 Å². The predicted octanol–water partition coefficient (Wildman–Crippen LogP) is 3.05. The molecule has 0 N–H and O–H groups in total. The van der Waals surface area contributed by atoms with Gasteiger partial charge in [-0.1, -0.05) is 18.2 Å². The molecule has 5 nitrogen and oxygen atoms in total. The van der Waals surface area contributed by atoms with Crippen LogP contribution in [0.1, 0.15) is 36.4 Å². The van der Waals surface area contributed by atoms with Gasteiger partial charge in [-0.2, -0.15) is 0 Å². The van der Waals surface area contributed by atoms with Crippen LogP contribution >= 0.6 is 0 Å². The standard InChI is InChI=1S/C16H18N2O3/c1-3-20-15-10-14(21-17-15)16(19)18-11(2)8-9-12-6-4-5-7-13(12)18/h4-7,10-11H,3,8-9H2,1-2H3/t11-/m0/s1. The molecule has 1 aromatic carbocycles. The minimum Gasteiger partial charge on any atom is -0.476 e. The Balaban J connectivity index is 1.92. The lowest BCUT2D eigenvalue weighted by atomic mass is 9.96. The monoisotopic (exact) mass is 286 g/mol. The van der Waals surface area contributed by atoms with E-state index in [9.17, 15) is 4.79 Å². The van der Waals surface area contributed by atoms with Crippen LogP contribution in [-0.2, 0) is 6.42 Å². The van der Waals surface area contributed by atoms with Crippen molar-refractivity contribution in [1.82, 2.24) is 5.16 Å². The lowest BCUT2D eigenvalue weighted by molar-refractivity contribution is 0.0939. The smallest absolute Gasteiger partial charge is 0.297 e. The molecule has 0 unspecified atom stereocenters. The highest BCUT2D eigenvalue weighted by atomic mass is 16.5. The van der Waals surface area contributed by atoms with Gasteiger partial charge in [0.1, 0.15) is 0 Å². The summed E-state index contributed by atoms with van der Waals surface area (Å²) < 4.78 is 10.4. The number of para-hydroxylation sites is 1. The fourth-order valence-corrected chi connectivity index (χ4v) is 2.69. The number of anilines is 1. The van der Waals surface area contributed by atoms with Gasteiger partial charge in [-0.3, -0.25) is 4.79 Å². The molecule has 5 heteroatoms. The van der Waals surface area contributed by atoms with Crippen molar-refractivity contribution in [3.05, 3.63) is 41.7 Å². The number of aryl methyl sites for hydroxylation is 1. The Morgan fingerprint density at radius 2 is 2.29 bits per heavy atom. The number of nitrogens with zero attached hydrogens (tertiary/aromatic N) is 2. The molecule has 2 aromatic rings. The lowest BCUT2D eigenvalue weighted by Gasteiger charge is -2.34. The molecule has 2 heterocycles. The van der Waals surface area contributed by atoms with Crippen molar-refractivity contribution in [1.29, 1.82) is 0 Å². The van der Waals surface area contributed by atoms with E-state index in [-0.39, 0.29) is 17.7 Å². The molecule has 1 atom stereocenters. The van der Waals surface area contributed by atoms with Gasteiger partial charge >= 0.3 is 0 Å². The van der Waals surface area contributed by atoms with Gasteiger partial charge in [0.2, 0.25) is 5.76 Å². The highest BCUT2D eigenvalue weighted by molar-refractivity contribution is 6.05. The van der Waals surface area contributed by atoms with Gasteiger partial charge < -0.3 is 14.2 Å². The first kappa shape index (κ1) is 13.7. The maximum Gasteiger partial charge on any atom is 0.297 e. The second-order valence-electron chi connectivity index (χ2n) is 5.15. The first-order chi connectivity index (χ1) is 10.2. The van der Waals surface area contributed by atoms with Crippen LogP contribution in [0, 0.1) is 0 Å². The van der Waals surface area contributed by atoms with Crippen LogP contribution in [-0.4, -0.2) is 23.7 Å². The zero-order valence-corrected chi connectivity index (χ0v) is 12.2. The van der Waals surface area contributed by atoms with Gasteiger partial charge in [-0.25, -0.2) is 0 Å². The van der Waals surface area contributed by atoms with Crippen LogP contribution in [0.4, 0.5) is 5.69 Å². The molecule has 0 fully saturated rings. The Hall–Kier alpha value is -2.30. The van der Waals surface area contributed by atoms with Crippen molar-refractivity contribution >= 4 is 11.6 Å². The summed E-state index contributed by atoms with van der Waals surface area (Å²) in [6, 6.07) is 9.67. The van der Waals surface area contributed by atoms with Crippen molar-refractivity contribution in [2.24, 2.45) is 0 Å². The molecule has 0 bridgehead atoms. The topological polar surface area (TPSA) is 55.6 Å². The molecule has 110 valence electrons. The van der Waals surface area contributed by atoms with Gasteiger partial charge in [0.15, 0.2) is 0 Å². The summed E-state index contributed by atoms with van der Waals surface area (Å²) in [6.45, 7) is 4.40. The Morgan fingerprint density at radius 3 is 3.10 bits per heavy atom. The molecule has 0 spiro atoms. The molecule has 0 aliphatic carbocycles. The van der Waals surface area contributed by atoms with E-state index >= 15 is 0 Å². The van der Waals surface area contributed by atoms with E-state index in [1.165, 1.54) is 5.56 Å². The maximum absolute atomic E-state index is 12.7. The van der Waals surface area contributed by atoms with Crippen LogP contribution in [0.15, 0.2) is 34.9 Å². The summed E-state index contributed by atoms with van der Waals surface area (Å²) >= 11 is 0. The SMILES string of the molecule is CCOc1cc(C(=O)N2c3ccccc3CC[C@@H]2C)on1. The number of amides is 1. The van der Waals surface area contributed by atoms with Crippen molar-refractivity contribution in [2.75, 3.05) is 11.5 Å². The van der Waals surface area contributed by atoms with E-state index in [1.807, 2.05) is 32.0 Å². The molecule has 3 rings (SSSR count). The molecule has 0 saturated heterocycles. The van der Waals surface area contributed by atoms with E-state index < -0.39 is 0 Å². The molecular weight excluding hydrogens is 268 g/mol. The van der Waals surface area contributed by atoms with Gasteiger partial charge in [-0.05, 0) is 43.5 Å². The van der Waals surface area contributed by atoms with Crippen molar-refractivity contribution in [3.8, 4) is 5.88 Å². The first-order valence-corrected chi connectivity index (χ1v) is 7.21. The van der Waals surface area contributed by atoms with Crippen molar-refractivity contribution < 1.29 is 14.1 Å². The third kappa shape index (κ3) is 2.51. The zero-order chi connectivity index (χ0) is 14.8. The van der Waals surface area contributed by atoms with Gasteiger partial charge in [-0.15, -0.1) is 0 Å². The molecular formula is C16H18N2O3. The normalized spacial score (nSPS) is 17.4. The van der Waals surface area contributed by atoms with E-state index in [4.69, 9.17) is 9.26 Å². The zero-order valence-electron chi connectivity index (χ0n) is 12.2. The number of carbonyl (C=O) groups is 1. The number of carbonyl (C=O) groups excluding carboxylic acids is 1. The first-order valence-electron chi connectivity index (χ1n) is 7.21. The summed E-state index contributed by atoms with van der Waals surface area (Å²) in [5, 5.41) is 3.76. The number of benzene rings is 1. The molecule has 1 aliphatic heterocycles. The largest absolute Gasteiger partial charge is 0.476 e. The molecule has 0 saturated carbocycles. The highest BCUT2D eigenvalue weighted by Crippen LogP contribution is 2.32. The Labute approximate surface area is 123 Å². The summed E-state index contributed by atoms with van der Waals surface area (Å²) in [5.74, 6) is 0.383. The second kappa shape index (κ2) is 5.60. The molecule has 1 amide bonds. The quantitative estimate of drug-likeness (QED) is 0.870. The lowest BCUT2D eigenvalue weighted by Crippen LogP contribution is -2.42. The summed E-state index contributed by atoms with van der Waals surface area (Å²) in [5.41, 5.74) is 2.14. The van der Waals surface area contributed by atoms with Crippen LogP contribution in [0.5, 0.6) is 5.88 Å². The number of ether oxygens (including phenoxy) is 1.